The van der Waals surface area contributed by atoms with Gasteiger partial charge < -0.3 is 5.32 Å². The molecule has 0 bridgehead atoms. The van der Waals surface area contributed by atoms with Crippen LogP contribution >= 0.6 is 0 Å². The zero-order chi connectivity index (χ0) is 17.6. The van der Waals surface area contributed by atoms with Gasteiger partial charge in [-0.05, 0) is 13.3 Å². The maximum Gasteiger partial charge on any atom is 0.270 e. The zero-order valence-corrected chi connectivity index (χ0v) is 13.6. The summed E-state index contributed by atoms with van der Waals surface area (Å²) in [6, 6.07) is 8.15. The highest BCUT2D eigenvalue weighted by Crippen LogP contribution is 2.22. The lowest BCUT2D eigenvalue weighted by atomic mass is 10.2. The van der Waals surface area contributed by atoms with Gasteiger partial charge in [0.05, 0.1) is 4.92 Å². The average molecular weight is 339 g/mol. The fourth-order valence-electron chi connectivity index (χ4n) is 2.37. The molecule has 128 valence electrons. The van der Waals surface area contributed by atoms with Gasteiger partial charge >= 0.3 is 0 Å². The van der Waals surface area contributed by atoms with E-state index >= 15 is 0 Å². The van der Waals surface area contributed by atoms with Gasteiger partial charge in [0.1, 0.15) is 18.0 Å². The lowest BCUT2D eigenvalue weighted by Gasteiger charge is -2.08. The van der Waals surface area contributed by atoms with Crippen LogP contribution in [0.15, 0.2) is 36.7 Å². The maximum atomic E-state index is 10.9. The van der Waals surface area contributed by atoms with Crippen LogP contribution < -0.4 is 5.32 Å². The molecule has 0 aliphatic carbocycles. The van der Waals surface area contributed by atoms with Gasteiger partial charge in [-0.15, -0.1) is 0 Å². The molecule has 0 saturated carbocycles. The van der Waals surface area contributed by atoms with E-state index in [1.807, 2.05) is 13.0 Å². The van der Waals surface area contributed by atoms with Gasteiger partial charge in [-0.1, -0.05) is 12.1 Å². The van der Waals surface area contributed by atoms with Gasteiger partial charge in [0, 0.05) is 42.4 Å². The van der Waals surface area contributed by atoms with Crippen LogP contribution in [-0.4, -0.2) is 36.6 Å². The molecule has 1 aromatic carbocycles. The van der Waals surface area contributed by atoms with Crippen LogP contribution in [-0.2, 0) is 6.42 Å². The number of aryl methyl sites for hydroxylation is 2. The summed E-state index contributed by atoms with van der Waals surface area (Å²) in [4.78, 5) is 23.4. The number of H-pyrrole nitrogens is 1. The molecule has 2 heterocycles. The van der Waals surface area contributed by atoms with Crippen molar-refractivity contribution in [1.82, 2.24) is 25.1 Å². The molecule has 0 spiro atoms. The molecule has 0 fully saturated rings. The van der Waals surface area contributed by atoms with E-state index in [1.165, 1.54) is 18.5 Å². The largest absolute Gasteiger partial charge is 0.370 e. The van der Waals surface area contributed by atoms with E-state index in [0.29, 0.717) is 23.8 Å². The highest BCUT2D eigenvalue weighted by atomic mass is 16.6. The minimum Gasteiger partial charge on any atom is -0.370 e. The Morgan fingerprint density at radius 1 is 1.28 bits per heavy atom. The SMILES string of the molecule is Cc1cc(NCCCc2ncn[nH]2)nc(-c2cccc([N+](=O)[O-])c2)n1. The van der Waals surface area contributed by atoms with E-state index < -0.39 is 4.92 Å². The molecular formula is C16H17N7O2. The molecule has 2 N–H and O–H groups in total. The van der Waals surface area contributed by atoms with Crippen molar-refractivity contribution in [1.29, 1.82) is 0 Å². The molecule has 0 atom stereocenters. The molecule has 0 unspecified atom stereocenters. The van der Waals surface area contributed by atoms with Crippen LogP contribution in [0.2, 0.25) is 0 Å². The predicted octanol–water partition coefficient (Wildman–Crippen LogP) is 2.52. The molecule has 0 aliphatic rings. The molecule has 3 rings (SSSR count). The Morgan fingerprint density at radius 3 is 2.92 bits per heavy atom. The normalized spacial score (nSPS) is 10.6. The van der Waals surface area contributed by atoms with Gasteiger partial charge in [0.2, 0.25) is 0 Å². The van der Waals surface area contributed by atoms with Gasteiger partial charge in [0.15, 0.2) is 5.82 Å². The fraction of sp³-hybridized carbons (Fsp3) is 0.250. The van der Waals surface area contributed by atoms with Crippen LogP contribution in [0, 0.1) is 17.0 Å². The van der Waals surface area contributed by atoms with Gasteiger partial charge in [0.25, 0.3) is 5.69 Å². The maximum absolute atomic E-state index is 10.9. The van der Waals surface area contributed by atoms with E-state index in [0.717, 1.165) is 24.4 Å². The highest BCUT2D eigenvalue weighted by Gasteiger charge is 2.10. The van der Waals surface area contributed by atoms with Crippen molar-refractivity contribution in [3.05, 3.63) is 58.3 Å². The van der Waals surface area contributed by atoms with Crippen molar-refractivity contribution in [2.75, 3.05) is 11.9 Å². The third kappa shape index (κ3) is 4.34. The van der Waals surface area contributed by atoms with Crippen molar-refractivity contribution in [2.24, 2.45) is 0 Å². The summed E-state index contributed by atoms with van der Waals surface area (Å²) >= 11 is 0. The molecule has 9 heteroatoms. The Labute approximate surface area is 143 Å². The van der Waals surface area contributed by atoms with Crippen molar-refractivity contribution < 1.29 is 4.92 Å². The minimum atomic E-state index is -0.429. The topological polar surface area (TPSA) is 123 Å². The molecule has 0 radical (unpaired) electrons. The third-order valence-corrected chi connectivity index (χ3v) is 3.53. The monoisotopic (exact) mass is 339 g/mol. The Hall–Kier alpha value is -3.36. The Morgan fingerprint density at radius 2 is 2.16 bits per heavy atom. The van der Waals surface area contributed by atoms with Crippen molar-refractivity contribution >= 4 is 11.5 Å². The number of non-ortho nitro benzene ring substituents is 1. The first kappa shape index (κ1) is 16.5. The summed E-state index contributed by atoms with van der Waals surface area (Å²) < 4.78 is 0. The van der Waals surface area contributed by atoms with Crippen molar-refractivity contribution in [3.8, 4) is 11.4 Å². The number of nitro benzene ring substituents is 1. The fourth-order valence-corrected chi connectivity index (χ4v) is 2.37. The first-order valence-corrected chi connectivity index (χ1v) is 7.80. The quantitative estimate of drug-likeness (QED) is 0.385. The van der Waals surface area contributed by atoms with E-state index in [1.54, 1.807) is 12.1 Å². The molecule has 0 aliphatic heterocycles. The number of anilines is 1. The summed E-state index contributed by atoms with van der Waals surface area (Å²) in [5, 5.41) is 20.8. The summed E-state index contributed by atoms with van der Waals surface area (Å²) in [7, 11) is 0. The third-order valence-electron chi connectivity index (χ3n) is 3.53. The lowest BCUT2D eigenvalue weighted by Crippen LogP contribution is -2.07. The van der Waals surface area contributed by atoms with E-state index in [2.05, 4.69) is 30.5 Å². The summed E-state index contributed by atoms with van der Waals surface area (Å²) in [5.41, 5.74) is 1.42. The van der Waals surface area contributed by atoms with E-state index in [-0.39, 0.29) is 5.69 Å². The first-order chi connectivity index (χ1) is 12.1. The molecule has 9 nitrogen and oxygen atoms in total. The number of rotatable bonds is 7. The van der Waals surface area contributed by atoms with Crippen LogP contribution in [0.4, 0.5) is 11.5 Å². The van der Waals surface area contributed by atoms with E-state index in [4.69, 9.17) is 0 Å². The number of nitrogens with one attached hydrogen (secondary N) is 2. The smallest absolute Gasteiger partial charge is 0.270 e. The second-order valence-electron chi connectivity index (χ2n) is 5.49. The summed E-state index contributed by atoms with van der Waals surface area (Å²) in [6.07, 6.45) is 3.14. The standard InChI is InChI=1S/C16H17N7O2/c1-11-8-15(17-7-3-6-14-18-10-19-22-14)21-16(20-11)12-4-2-5-13(9-12)23(24)25/h2,4-5,8-10H,3,6-7H2,1H3,(H,17,20,21)(H,18,19,22). The van der Waals surface area contributed by atoms with Crippen LogP contribution in [0.25, 0.3) is 11.4 Å². The van der Waals surface area contributed by atoms with E-state index in [9.17, 15) is 10.1 Å². The van der Waals surface area contributed by atoms with Crippen molar-refractivity contribution in [2.45, 2.75) is 19.8 Å². The number of hydrogen-bond donors (Lipinski definition) is 2. The molecule has 3 aromatic rings. The highest BCUT2D eigenvalue weighted by molar-refractivity contribution is 5.61. The molecule has 2 aromatic heterocycles. The first-order valence-electron chi connectivity index (χ1n) is 7.80. The second kappa shape index (κ2) is 7.47. The lowest BCUT2D eigenvalue weighted by molar-refractivity contribution is -0.384. The number of nitro groups is 1. The molecule has 0 amide bonds. The van der Waals surface area contributed by atoms with Crippen LogP contribution in [0.3, 0.4) is 0 Å². The minimum absolute atomic E-state index is 0.0178. The number of nitrogens with zero attached hydrogens (tertiary/aromatic N) is 5. The van der Waals surface area contributed by atoms with Gasteiger partial charge in [-0.2, -0.15) is 5.10 Å². The summed E-state index contributed by atoms with van der Waals surface area (Å²) in [6.45, 7) is 2.58. The number of aromatic amines is 1. The Bertz CT molecular complexity index is 865. The molecule has 0 saturated heterocycles. The zero-order valence-electron chi connectivity index (χ0n) is 13.6. The number of aromatic nitrogens is 5. The molecular weight excluding hydrogens is 322 g/mol. The second-order valence-corrected chi connectivity index (χ2v) is 5.49. The predicted molar refractivity (Wildman–Crippen MR) is 92.1 cm³/mol. The molecule has 25 heavy (non-hydrogen) atoms. The summed E-state index contributed by atoms with van der Waals surface area (Å²) in [5.74, 6) is 1.99. The Balaban J connectivity index is 1.69. The van der Waals surface area contributed by atoms with Gasteiger partial charge in [-0.3, -0.25) is 15.2 Å². The van der Waals surface area contributed by atoms with Crippen LogP contribution in [0.1, 0.15) is 17.9 Å². The van der Waals surface area contributed by atoms with Gasteiger partial charge in [-0.25, -0.2) is 15.0 Å². The number of benzene rings is 1. The van der Waals surface area contributed by atoms with Crippen molar-refractivity contribution in [3.63, 3.8) is 0 Å². The average Bonchev–Trinajstić information content (AvgIpc) is 3.12. The number of hydrogen-bond acceptors (Lipinski definition) is 7. The van der Waals surface area contributed by atoms with Crippen LogP contribution in [0.5, 0.6) is 0 Å². The Kier molecular flexibility index (Phi) is 4.93.